The van der Waals surface area contributed by atoms with E-state index in [9.17, 15) is 4.79 Å². The molecule has 3 aromatic carbocycles. The van der Waals surface area contributed by atoms with E-state index in [0.29, 0.717) is 13.2 Å². The molecule has 2 aliphatic rings. The third-order valence-corrected chi connectivity index (χ3v) is 7.41. The number of methoxy groups -OCH3 is 1. The molecule has 0 N–H and O–H groups in total. The predicted molar refractivity (Wildman–Crippen MR) is 138 cm³/mol. The Bertz CT molecular complexity index is 1140. The van der Waals surface area contributed by atoms with Gasteiger partial charge in [-0.2, -0.15) is 0 Å². The molecule has 7 nitrogen and oxygen atoms in total. The van der Waals surface area contributed by atoms with Crippen LogP contribution < -0.4 is 4.74 Å². The van der Waals surface area contributed by atoms with Crippen LogP contribution in [0.25, 0.3) is 0 Å². The van der Waals surface area contributed by atoms with E-state index in [2.05, 4.69) is 0 Å². The molecule has 2 heterocycles. The van der Waals surface area contributed by atoms with Crippen molar-refractivity contribution in [3.05, 3.63) is 96.1 Å². The second-order valence-electron chi connectivity index (χ2n) is 8.85. The van der Waals surface area contributed by atoms with Crippen molar-refractivity contribution >= 4 is 17.7 Å². The third-order valence-electron chi connectivity index (χ3n) is 6.25. The summed E-state index contributed by atoms with van der Waals surface area (Å²) in [5.41, 5.74) is 1.36. The molecule has 1 unspecified atom stereocenters. The molecule has 3 aromatic rings. The lowest BCUT2D eigenvalue weighted by atomic mass is 9.98. The monoisotopic (exact) mass is 522 g/mol. The quantitative estimate of drug-likeness (QED) is 0.377. The molecule has 5 rings (SSSR count). The maximum Gasteiger partial charge on any atom is 0.303 e. The molecule has 0 aromatic heterocycles. The topological polar surface area (TPSA) is 72.5 Å². The number of esters is 1. The highest BCUT2D eigenvalue weighted by Gasteiger charge is 2.52. The number of carbonyl (C=O) groups is 1. The zero-order valence-electron chi connectivity index (χ0n) is 20.7. The van der Waals surface area contributed by atoms with Crippen molar-refractivity contribution in [1.82, 2.24) is 0 Å². The SMILES string of the molecule is COc1ccc(CO[C@@H]2[C@H](OC(C)=O)[C@@H](Sc3ccccc3)O[C@@H]3COC(c4ccccc4)O[C@@H]23)cc1. The van der Waals surface area contributed by atoms with Crippen LogP contribution in [0.1, 0.15) is 24.3 Å². The largest absolute Gasteiger partial charge is 0.497 e. The Kier molecular flexibility index (Phi) is 8.43. The van der Waals surface area contributed by atoms with Crippen LogP contribution in [0, 0.1) is 0 Å². The molecule has 0 saturated carbocycles. The molecule has 37 heavy (non-hydrogen) atoms. The highest BCUT2D eigenvalue weighted by molar-refractivity contribution is 7.99. The fraction of sp³-hybridized carbons (Fsp3) is 0.345. The molecular formula is C29H30O7S. The van der Waals surface area contributed by atoms with Crippen LogP contribution in [-0.2, 0) is 35.1 Å². The van der Waals surface area contributed by atoms with Gasteiger partial charge in [-0.25, -0.2) is 0 Å². The molecule has 0 bridgehead atoms. The van der Waals surface area contributed by atoms with E-state index in [0.717, 1.165) is 21.8 Å². The van der Waals surface area contributed by atoms with E-state index in [4.69, 9.17) is 28.4 Å². The number of hydrogen-bond donors (Lipinski definition) is 0. The molecule has 194 valence electrons. The number of thioether (sulfide) groups is 1. The second-order valence-corrected chi connectivity index (χ2v) is 10.0. The summed E-state index contributed by atoms with van der Waals surface area (Å²) in [4.78, 5) is 13.2. The van der Waals surface area contributed by atoms with Crippen molar-refractivity contribution in [1.29, 1.82) is 0 Å². The Hall–Kier alpha value is -2.88. The van der Waals surface area contributed by atoms with Crippen molar-refractivity contribution in [2.75, 3.05) is 13.7 Å². The number of ether oxygens (including phenoxy) is 6. The van der Waals surface area contributed by atoms with Gasteiger partial charge in [0.25, 0.3) is 0 Å². The third kappa shape index (κ3) is 6.34. The average molecular weight is 523 g/mol. The van der Waals surface area contributed by atoms with Crippen LogP contribution >= 0.6 is 11.8 Å². The highest BCUT2D eigenvalue weighted by Crippen LogP contribution is 2.41. The van der Waals surface area contributed by atoms with Gasteiger partial charge in [0.05, 0.1) is 20.3 Å². The minimum atomic E-state index is -0.697. The summed E-state index contributed by atoms with van der Waals surface area (Å²) in [6.45, 7) is 2.03. The number of hydrogen-bond acceptors (Lipinski definition) is 8. The first kappa shape index (κ1) is 25.8. The van der Waals surface area contributed by atoms with Crippen molar-refractivity contribution in [2.24, 2.45) is 0 Å². The summed E-state index contributed by atoms with van der Waals surface area (Å²) in [6, 6.07) is 27.3. The number of carbonyl (C=O) groups excluding carboxylic acids is 1. The fourth-order valence-electron chi connectivity index (χ4n) is 4.48. The minimum absolute atomic E-state index is 0.304. The number of rotatable bonds is 8. The fourth-order valence-corrected chi connectivity index (χ4v) is 5.60. The van der Waals surface area contributed by atoms with Crippen molar-refractivity contribution in [3.8, 4) is 5.75 Å². The van der Waals surface area contributed by atoms with Gasteiger partial charge in [-0.05, 0) is 29.8 Å². The highest BCUT2D eigenvalue weighted by atomic mass is 32.2. The molecule has 2 saturated heterocycles. The summed E-state index contributed by atoms with van der Waals surface area (Å²) in [5, 5.41) is 0. The van der Waals surface area contributed by atoms with E-state index in [1.165, 1.54) is 18.7 Å². The van der Waals surface area contributed by atoms with Crippen LogP contribution in [0.3, 0.4) is 0 Å². The van der Waals surface area contributed by atoms with Crippen LogP contribution in [0.15, 0.2) is 89.8 Å². The van der Waals surface area contributed by atoms with Gasteiger partial charge in [0.15, 0.2) is 12.4 Å². The predicted octanol–water partition coefficient (Wildman–Crippen LogP) is 5.14. The molecule has 0 amide bonds. The molecule has 6 atom stereocenters. The lowest BCUT2D eigenvalue weighted by Crippen LogP contribution is -2.62. The van der Waals surface area contributed by atoms with Crippen LogP contribution in [0.5, 0.6) is 5.75 Å². The molecule has 0 radical (unpaired) electrons. The van der Waals surface area contributed by atoms with Gasteiger partial charge in [-0.3, -0.25) is 4.79 Å². The zero-order chi connectivity index (χ0) is 25.6. The summed E-state index contributed by atoms with van der Waals surface area (Å²) >= 11 is 1.49. The van der Waals surface area contributed by atoms with Crippen molar-refractivity contribution < 1.29 is 33.2 Å². The summed E-state index contributed by atoms with van der Waals surface area (Å²) in [7, 11) is 1.63. The summed E-state index contributed by atoms with van der Waals surface area (Å²) in [5.74, 6) is 0.362. The Morgan fingerprint density at radius 3 is 2.30 bits per heavy atom. The second kappa shape index (κ2) is 12.1. The van der Waals surface area contributed by atoms with Gasteiger partial charge >= 0.3 is 5.97 Å². The Labute approximate surface area is 221 Å². The standard InChI is InChI=1S/C29H30O7S/c1-19(30)34-27-26(32-17-20-13-15-22(31-2)16-14-20)25-24(35-29(27)37-23-11-7-4-8-12-23)18-33-28(36-25)21-9-5-3-6-10-21/h3-16,24-29H,17-18H2,1-2H3/t24-,25-,26+,27+,28?,29-/m1/s1. The molecule has 2 aliphatic heterocycles. The summed E-state index contributed by atoms with van der Waals surface area (Å²) < 4.78 is 36.5. The molecule has 0 aliphatic carbocycles. The lowest BCUT2D eigenvalue weighted by Gasteiger charge is -2.48. The minimum Gasteiger partial charge on any atom is -0.497 e. The van der Waals surface area contributed by atoms with Gasteiger partial charge in [-0.1, -0.05) is 72.4 Å². The van der Waals surface area contributed by atoms with Crippen LogP contribution in [0.4, 0.5) is 0 Å². The van der Waals surface area contributed by atoms with E-state index < -0.39 is 42.1 Å². The normalized spacial score (nSPS) is 27.2. The van der Waals surface area contributed by atoms with Gasteiger partial charge in [0, 0.05) is 17.4 Å². The van der Waals surface area contributed by atoms with Crippen molar-refractivity contribution in [3.63, 3.8) is 0 Å². The van der Waals surface area contributed by atoms with Gasteiger partial charge in [0.1, 0.15) is 29.5 Å². The van der Waals surface area contributed by atoms with Crippen LogP contribution in [0.2, 0.25) is 0 Å². The first-order valence-corrected chi connectivity index (χ1v) is 13.1. The van der Waals surface area contributed by atoms with Crippen molar-refractivity contribution in [2.45, 2.75) is 54.6 Å². The maximum atomic E-state index is 12.2. The molecule has 8 heteroatoms. The molecule has 0 spiro atoms. The maximum absolute atomic E-state index is 12.2. The first-order valence-electron chi connectivity index (χ1n) is 12.2. The van der Waals surface area contributed by atoms with Gasteiger partial charge in [0.2, 0.25) is 0 Å². The van der Waals surface area contributed by atoms with E-state index in [1.54, 1.807) is 7.11 Å². The zero-order valence-corrected chi connectivity index (χ0v) is 21.5. The van der Waals surface area contributed by atoms with Gasteiger partial charge in [-0.15, -0.1) is 0 Å². The number of fused-ring (bicyclic) bond motifs is 1. The van der Waals surface area contributed by atoms with E-state index in [1.807, 2.05) is 84.9 Å². The van der Waals surface area contributed by atoms with Crippen LogP contribution in [-0.4, -0.2) is 49.5 Å². The lowest BCUT2D eigenvalue weighted by molar-refractivity contribution is -0.326. The Balaban J connectivity index is 1.42. The molecule has 2 fully saturated rings. The van der Waals surface area contributed by atoms with E-state index >= 15 is 0 Å². The Morgan fingerprint density at radius 2 is 1.62 bits per heavy atom. The summed E-state index contributed by atoms with van der Waals surface area (Å²) in [6.07, 6.45) is -2.75. The van der Waals surface area contributed by atoms with Gasteiger partial charge < -0.3 is 28.4 Å². The first-order chi connectivity index (χ1) is 18.1. The van der Waals surface area contributed by atoms with E-state index in [-0.39, 0.29) is 0 Å². The smallest absolute Gasteiger partial charge is 0.303 e. The molecular weight excluding hydrogens is 492 g/mol. The average Bonchev–Trinajstić information content (AvgIpc) is 2.93. The number of benzene rings is 3. The Morgan fingerprint density at radius 1 is 0.919 bits per heavy atom.